The van der Waals surface area contributed by atoms with Gasteiger partial charge in [0.1, 0.15) is 5.76 Å². The highest BCUT2D eigenvalue weighted by molar-refractivity contribution is 5.01. The maximum atomic E-state index is 6.02. The van der Waals surface area contributed by atoms with Crippen molar-refractivity contribution in [2.45, 2.75) is 31.8 Å². The number of hydrogen-bond acceptors (Lipinski definition) is 4. The molecule has 1 aliphatic heterocycles. The van der Waals surface area contributed by atoms with Crippen LogP contribution in [-0.2, 0) is 11.3 Å². The lowest BCUT2D eigenvalue weighted by Crippen LogP contribution is -2.56. The summed E-state index contributed by atoms with van der Waals surface area (Å²) in [6.07, 6.45) is 3.75. The summed E-state index contributed by atoms with van der Waals surface area (Å²) in [6, 6.07) is 3.95. The highest BCUT2D eigenvalue weighted by Crippen LogP contribution is 2.28. The van der Waals surface area contributed by atoms with Gasteiger partial charge in [0.2, 0.25) is 0 Å². The lowest BCUT2D eigenvalue weighted by atomic mass is 9.88. The molecule has 0 radical (unpaired) electrons. The molecule has 2 rings (SSSR count). The molecule has 4 nitrogen and oxygen atoms in total. The van der Waals surface area contributed by atoms with Crippen LogP contribution < -0.4 is 5.73 Å². The lowest BCUT2D eigenvalue weighted by molar-refractivity contribution is -0.0283. The summed E-state index contributed by atoms with van der Waals surface area (Å²) in [5, 5.41) is 0. The number of ether oxygens (including phenoxy) is 1. The average Bonchev–Trinajstić information content (AvgIpc) is 2.89. The summed E-state index contributed by atoms with van der Waals surface area (Å²) in [7, 11) is 0. The van der Waals surface area contributed by atoms with Crippen molar-refractivity contribution in [3.05, 3.63) is 24.2 Å². The van der Waals surface area contributed by atoms with Crippen LogP contribution in [-0.4, -0.2) is 36.7 Å². The van der Waals surface area contributed by atoms with Crippen molar-refractivity contribution in [2.24, 2.45) is 5.73 Å². The Bertz CT molecular complexity index is 318. The lowest BCUT2D eigenvalue weighted by Gasteiger charge is -2.45. The highest BCUT2D eigenvalue weighted by atomic mass is 16.5. The zero-order chi connectivity index (χ0) is 12.1. The monoisotopic (exact) mass is 238 g/mol. The fourth-order valence-corrected chi connectivity index (χ4v) is 2.61. The molecule has 1 fully saturated rings. The normalized spacial score (nSPS) is 19.7. The molecule has 2 N–H and O–H groups in total. The molecule has 0 amide bonds. The van der Waals surface area contributed by atoms with Crippen LogP contribution in [0.5, 0.6) is 0 Å². The van der Waals surface area contributed by atoms with Gasteiger partial charge in [-0.2, -0.15) is 0 Å². The third kappa shape index (κ3) is 2.70. The first-order valence-corrected chi connectivity index (χ1v) is 6.36. The number of rotatable bonds is 5. The molecule has 17 heavy (non-hydrogen) atoms. The molecule has 1 saturated heterocycles. The van der Waals surface area contributed by atoms with Crippen LogP contribution in [0.4, 0.5) is 0 Å². The topological polar surface area (TPSA) is 51.6 Å². The Balaban J connectivity index is 2.09. The summed E-state index contributed by atoms with van der Waals surface area (Å²) in [6.45, 7) is 6.30. The predicted octanol–water partition coefficient (Wildman–Crippen LogP) is 1.61. The Morgan fingerprint density at radius 1 is 1.41 bits per heavy atom. The van der Waals surface area contributed by atoms with Gasteiger partial charge in [-0.15, -0.1) is 0 Å². The molecular weight excluding hydrogens is 216 g/mol. The van der Waals surface area contributed by atoms with E-state index >= 15 is 0 Å². The quantitative estimate of drug-likeness (QED) is 0.846. The van der Waals surface area contributed by atoms with Crippen LogP contribution in [0.25, 0.3) is 0 Å². The molecule has 0 atom stereocenters. The van der Waals surface area contributed by atoms with Crippen molar-refractivity contribution in [2.75, 3.05) is 26.3 Å². The zero-order valence-corrected chi connectivity index (χ0v) is 10.5. The fourth-order valence-electron chi connectivity index (χ4n) is 2.61. The first kappa shape index (κ1) is 12.6. The van der Waals surface area contributed by atoms with E-state index in [1.54, 1.807) is 6.26 Å². The Morgan fingerprint density at radius 3 is 2.71 bits per heavy atom. The molecule has 2 heterocycles. The fraction of sp³-hybridized carbons (Fsp3) is 0.692. The van der Waals surface area contributed by atoms with Gasteiger partial charge in [0.05, 0.1) is 12.8 Å². The Hall–Kier alpha value is -0.840. The summed E-state index contributed by atoms with van der Waals surface area (Å²) < 4.78 is 10.9. The highest BCUT2D eigenvalue weighted by Gasteiger charge is 2.36. The van der Waals surface area contributed by atoms with Crippen LogP contribution >= 0.6 is 0 Å². The van der Waals surface area contributed by atoms with Crippen LogP contribution in [0, 0.1) is 0 Å². The van der Waals surface area contributed by atoms with Gasteiger partial charge >= 0.3 is 0 Å². The molecule has 1 aromatic rings. The van der Waals surface area contributed by atoms with Crippen molar-refractivity contribution >= 4 is 0 Å². The molecule has 0 bridgehead atoms. The second-order valence-electron chi connectivity index (χ2n) is 4.63. The van der Waals surface area contributed by atoms with Crippen molar-refractivity contribution in [1.82, 2.24) is 4.90 Å². The SMILES string of the molecule is CCN(Cc1ccco1)C1(CN)CCOCC1. The zero-order valence-electron chi connectivity index (χ0n) is 10.5. The van der Waals surface area contributed by atoms with Gasteiger partial charge in [0.15, 0.2) is 0 Å². The molecule has 1 aromatic heterocycles. The van der Waals surface area contributed by atoms with Gasteiger partial charge in [-0.25, -0.2) is 0 Å². The first-order chi connectivity index (χ1) is 8.30. The average molecular weight is 238 g/mol. The van der Waals surface area contributed by atoms with Gasteiger partial charge in [0.25, 0.3) is 0 Å². The van der Waals surface area contributed by atoms with E-state index in [1.807, 2.05) is 12.1 Å². The molecular formula is C13H22N2O2. The predicted molar refractivity (Wildman–Crippen MR) is 66.6 cm³/mol. The number of nitrogens with zero attached hydrogens (tertiary/aromatic N) is 1. The number of nitrogens with two attached hydrogens (primary N) is 1. The standard InChI is InChI=1S/C13H22N2O2/c1-2-15(10-12-4-3-7-17-12)13(11-14)5-8-16-9-6-13/h3-4,7H,2,5-6,8-11,14H2,1H3. The summed E-state index contributed by atoms with van der Waals surface area (Å²) in [4.78, 5) is 2.42. The Labute approximate surface area is 103 Å². The minimum absolute atomic E-state index is 0.0831. The maximum Gasteiger partial charge on any atom is 0.117 e. The van der Waals surface area contributed by atoms with Gasteiger partial charge in [-0.05, 0) is 31.5 Å². The van der Waals surface area contributed by atoms with Crippen molar-refractivity contribution in [3.63, 3.8) is 0 Å². The molecule has 0 saturated carbocycles. The van der Waals surface area contributed by atoms with Crippen molar-refractivity contribution < 1.29 is 9.15 Å². The smallest absolute Gasteiger partial charge is 0.117 e. The first-order valence-electron chi connectivity index (χ1n) is 6.36. The van der Waals surface area contributed by atoms with E-state index in [0.29, 0.717) is 6.54 Å². The second-order valence-corrected chi connectivity index (χ2v) is 4.63. The van der Waals surface area contributed by atoms with Crippen LogP contribution in [0.1, 0.15) is 25.5 Å². The van der Waals surface area contributed by atoms with E-state index in [-0.39, 0.29) is 5.54 Å². The third-order valence-electron chi connectivity index (χ3n) is 3.78. The van der Waals surface area contributed by atoms with E-state index in [1.165, 1.54) is 0 Å². The van der Waals surface area contributed by atoms with E-state index in [0.717, 1.165) is 44.9 Å². The van der Waals surface area contributed by atoms with Crippen LogP contribution in [0.15, 0.2) is 22.8 Å². The molecule has 1 aliphatic rings. The Morgan fingerprint density at radius 2 is 2.18 bits per heavy atom. The van der Waals surface area contributed by atoms with E-state index in [9.17, 15) is 0 Å². The molecule has 0 spiro atoms. The molecule has 0 aromatic carbocycles. The van der Waals surface area contributed by atoms with Gasteiger partial charge in [-0.1, -0.05) is 6.92 Å². The van der Waals surface area contributed by atoms with Crippen LogP contribution in [0.3, 0.4) is 0 Å². The minimum atomic E-state index is 0.0831. The molecule has 0 unspecified atom stereocenters. The summed E-state index contributed by atoms with van der Waals surface area (Å²) in [5.74, 6) is 1.01. The minimum Gasteiger partial charge on any atom is -0.468 e. The van der Waals surface area contributed by atoms with Gasteiger partial charge < -0.3 is 14.9 Å². The van der Waals surface area contributed by atoms with E-state index in [2.05, 4.69) is 11.8 Å². The number of hydrogen-bond donors (Lipinski definition) is 1. The number of likely N-dealkylation sites (N-methyl/N-ethyl adjacent to an activating group) is 1. The summed E-state index contributed by atoms with van der Waals surface area (Å²) >= 11 is 0. The Kier molecular flexibility index (Phi) is 4.20. The van der Waals surface area contributed by atoms with Gasteiger partial charge in [0, 0.05) is 25.3 Å². The molecule has 96 valence electrons. The second kappa shape index (κ2) is 5.67. The molecule has 4 heteroatoms. The number of furan rings is 1. The van der Waals surface area contributed by atoms with Crippen molar-refractivity contribution in [1.29, 1.82) is 0 Å². The largest absolute Gasteiger partial charge is 0.468 e. The maximum absolute atomic E-state index is 6.02. The third-order valence-corrected chi connectivity index (χ3v) is 3.78. The molecule has 0 aliphatic carbocycles. The van der Waals surface area contributed by atoms with Crippen LogP contribution in [0.2, 0.25) is 0 Å². The summed E-state index contributed by atoms with van der Waals surface area (Å²) in [5.41, 5.74) is 6.10. The van der Waals surface area contributed by atoms with Crippen molar-refractivity contribution in [3.8, 4) is 0 Å². The van der Waals surface area contributed by atoms with Gasteiger partial charge in [-0.3, -0.25) is 4.90 Å². The van der Waals surface area contributed by atoms with E-state index in [4.69, 9.17) is 14.9 Å². The van der Waals surface area contributed by atoms with E-state index < -0.39 is 0 Å².